The van der Waals surface area contributed by atoms with Crippen LogP contribution >= 0.6 is 0 Å². The van der Waals surface area contributed by atoms with E-state index in [0.717, 1.165) is 96.3 Å². The van der Waals surface area contributed by atoms with E-state index in [9.17, 15) is 14.4 Å². The summed E-state index contributed by atoms with van der Waals surface area (Å²) in [5.41, 5.74) is 0. The van der Waals surface area contributed by atoms with Gasteiger partial charge >= 0.3 is 17.9 Å². The van der Waals surface area contributed by atoms with Gasteiger partial charge in [0.15, 0.2) is 6.10 Å². The third-order valence-corrected chi connectivity index (χ3v) is 14.1. The molecule has 438 valence electrons. The third-order valence-electron chi connectivity index (χ3n) is 14.1. The van der Waals surface area contributed by atoms with Crippen molar-refractivity contribution in [3.63, 3.8) is 0 Å². The maximum atomic E-state index is 12.9. The van der Waals surface area contributed by atoms with E-state index in [4.69, 9.17) is 14.2 Å². The molecule has 0 aromatic carbocycles. The van der Waals surface area contributed by atoms with Crippen LogP contribution in [0, 0.1) is 0 Å². The summed E-state index contributed by atoms with van der Waals surface area (Å²) in [6, 6.07) is 0. The summed E-state index contributed by atoms with van der Waals surface area (Å²) in [5.74, 6) is -0.877. The van der Waals surface area contributed by atoms with E-state index in [1.54, 1.807) is 0 Å². The lowest BCUT2D eigenvalue weighted by Crippen LogP contribution is -2.30. The Hall–Kier alpha value is -3.41. The number of hydrogen-bond donors (Lipinski definition) is 0. The van der Waals surface area contributed by atoms with Gasteiger partial charge in [0.05, 0.1) is 0 Å². The Labute approximate surface area is 471 Å². The minimum Gasteiger partial charge on any atom is -0.462 e. The smallest absolute Gasteiger partial charge is 0.306 e. The normalized spacial score (nSPS) is 12.6. The van der Waals surface area contributed by atoms with Gasteiger partial charge < -0.3 is 14.2 Å². The summed E-state index contributed by atoms with van der Waals surface area (Å²) in [4.78, 5) is 38.0. The van der Waals surface area contributed by atoms with Crippen molar-refractivity contribution in [3.8, 4) is 0 Å². The van der Waals surface area contributed by atoms with E-state index in [2.05, 4.69) is 106 Å². The number of ether oxygens (including phenoxy) is 3. The number of unbranched alkanes of at least 4 members (excludes halogenated alkanes) is 34. The van der Waals surface area contributed by atoms with Crippen molar-refractivity contribution in [2.45, 2.75) is 329 Å². The first kappa shape index (κ1) is 72.6. The van der Waals surface area contributed by atoms with Gasteiger partial charge in [0.25, 0.3) is 0 Å². The van der Waals surface area contributed by atoms with Gasteiger partial charge in [0, 0.05) is 19.3 Å². The van der Waals surface area contributed by atoms with Crippen LogP contribution < -0.4 is 0 Å². The molecule has 0 amide bonds. The van der Waals surface area contributed by atoms with Gasteiger partial charge in [0.1, 0.15) is 13.2 Å². The first-order valence-corrected chi connectivity index (χ1v) is 32.6. The van der Waals surface area contributed by atoms with E-state index < -0.39 is 6.10 Å². The molecule has 76 heavy (non-hydrogen) atoms. The van der Waals surface area contributed by atoms with Gasteiger partial charge in [-0.3, -0.25) is 14.4 Å². The Morgan fingerprint density at radius 3 is 0.803 bits per heavy atom. The van der Waals surface area contributed by atoms with Crippen LogP contribution in [-0.4, -0.2) is 37.2 Å². The molecule has 0 spiro atoms. The molecule has 0 N–H and O–H groups in total. The van der Waals surface area contributed by atoms with Crippen molar-refractivity contribution in [1.82, 2.24) is 0 Å². The number of allylic oxidation sites excluding steroid dienone is 14. The van der Waals surface area contributed by atoms with Crippen LogP contribution in [0.4, 0.5) is 0 Å². The summed E-state index contributed by atoms with van der Waals surface area (Å²) >= 11 is 0. The molecule has 0 heterocycles. The molecular weight excluding hydrogens is 937 g/mol. The fourth-order valence-corrected chi connectivity index (χ4v) is 9.27. The fraction of sp³-hybridized carbons (Fsp3) is 0.757. The predicted octanol–water partition coefficient (Wildman–Crippen LogP) is 22.3. The van der Waals surface area contributed by atoms with E-state index in [0.29, 0.717) is 19.3 Å². The highest BCUT2D eigenvalue weighted by Crippen LogP contribution is 2.17. The molecule has 0 aliphatic carbocycles. The van der Waals surface area contributed by atoms with E-state index >= 15 is 0 Å². The van der Waals surface area contributed by atoms with Gasteiger partial charge in [-0.2, -0.15) is 0 Å². The van der Waals surface area contributed by atoms with Gasteiger partial charge in [-0.1, -0.05) is 292 Å². The Bertz CT molecular complexity index is 1450. The molecule has 6 heteroatoms. The largest absolute Gasteiger partial charge is 0.462 e. The average molecular weight is 1060 g/mol. The fourth-order valence-electron chi connectivity index (χ4n) is 9.27. The topological polar surface area (TPSA) is 78.9 Å². The van der Waals surface area contributed by atoms with Crippen molar-refractivity contribution in [2.24, 2.45) is 0 Å². The maximum Gasteiger partial charge on any atom is 0.306 e. The third kappa shape index (κ3) is 61.4. The molecule has 0 saturated heterocycles. The molecule has 0 saturated carbocycles. The van der Waals surface area contributed by atoms with Gasteiger partial charge in [0.2, 0.25) is 0 Å². The Morgan fingerprint density at radius 1 is 0.276 bits per heavy atom. The molecule has 1 atom stereocenters. The Balaban J connectivity index is 4.08. The van der Waals surface area contributed by atoms with Crippen LogP contribution in [0.25, 0.3) is 0 Å². The predicted molar refractivity (Wildman–Crippen MR) is 330 cm³/mol. The minimum absolute atomic E-state index is 0.0754. The first-order valence-electron chi connectivity index (χ1n) is 32.6. The second-order valence-electron chi connectivity index (χ2n) is 21.6. The molecule has 0 aliphatic rings. The van der Waals surface area contributed by atoms with Crippen LogP contribution in [0.1, 0.15) is 323 Å². The maximum absolute atomic E-state index is 12.9. The van der Waals surface area contributed by atoms with Crippen molar-refractivity contribution < 1.29 is 28.6 Å². The summed E-state index contributed by atoms with van der Waals surface area (Å²) < 4.78 is 16.8. The van der Waals surface area contributed by atoms with Crippen LogP contribution in [0.5, 0.6) is 0 Å². The number of esters is 3. The van der Waals surface area contributed by atoms with Crippen molar-refractivity contribution in [2.75, 3.05) is 13.2 Å². The van der Waals surface area contributed by atoms with E-state index in [1.807, 2.05) is 0 Å². The van der Waals surface area contributed by atoms with Crippen molar-refractivity contribution in [3.05, 3.63) is 85.1 Å². The molecular formula is C70H122O6. The SMILES string of the molecule is CC/C=C\C/C=C\C/C=C\C/C=C\C/C=C\CCCCCCCCCCCCCC(=O)OCC(COC(=O)CCCCCCCC)OC(=O)CCCCCCCCCCCCCCC/C=C\C/C=C\CCCCCCC. The second kappa shape index (κ2) is 64.1. The monoisotopic (exact) mass is 1060 g/mol. The van der Waals surface area contributed by atoms with E-state index in [-0.39, 0.29) is 31.1 Å². The lowest BCUT2D eigenvalue weighted by atomic mass is 10.0. The van der Waals surface area contributed by atoms with Crippen molar-refractivity contribution in [1.29, 1.82) is 0 Å². The minimum atomic E-state index is -0.775. The molecule has 0 aliphatic heterocycles. The van der Waals surface area contributed by atoms with Crippen LogP contribution in [0.15, 0.2) is 85.1 Å². The number of carbonyl (C=O) groups is 3. The second-order valence-corrected chi connectivity index (χ2v) is 21.6. The van der Waals surface area contributed by atoms with Crippen LogP contribution in [0.2, 0.25) is 0 Å². The van der Waals surface area contributed by atoms with Crippen LogP contribution in [0.3, 0.4) is 0 Å². The summed E-state index contributed by atoms with van der Waals surface area (Å²) in [6.45, 7) is 6.48. The zero-order valence-electron chi connectivity index (χ0n) is 50.3. The molecule has 0 fully saturated rings. The standard InChI is InChI=1S/C70H122O6/c1-4-7-10-13-16-18-20-22-24-26-28-30-32-34-35-37-38-40-42-44-46-48-50-52-54-57-60-63-69(72)75-66-67(65-74-68(71)62-59-56-15-12-9-6-3)76-70(73)64-61-58-55-53-51-49-47-45-43-41-39-36-33-31-29-27-25-23-21-19-17-14-11-8-5-2/h7,10,16,18,21-24,27-30,34-35,67H,4-6,8-9,11-15,17,19-20,25-26,31-33,36-66H2,1-3H3/b10-7-,18-16-,23-21-,24-22-,29-27-,30-28-,35-34-. The zero-order chi connectivity index (χ0) is 55.0. The highest BCUT2D eigenvalue weighted by molar-refractivity contribution is 5.71. The molecule has 0 aromatic rings. The van der Waals surface area contributed by atoms with Gasteiger partial charge in [-0.05, 0) is 96.3 Å². The first-order chi connectivity index (χ1) is 37.5. The lowest BCUT2D eigenvalue weighted by Gasteiger charge is -2.18. The lowest BCUT2D eigenvalue weighted by molar-refractivity contribution is -0.167. The number of hydrogen-bond acceptors (Lipinski definition) is 6. The molecule has 0 bridgehead atoms. The molecule has 0 aromatic heterocycles. The number of carbonyl (C=O) groups excluding carboxylic acids is 3. The Morgan fingerprint density at radius 2 is 0.513 bits per heavy atom. The molecule has 6 nitrogen and oxygen atoms in total. The zero-order valence-corrected chi connectivity index (χ0v) is 50.3. The average Bonchev–Trinajstić information content (AvgIpc) is 3.42. The van der Waals surface area contributed by atoms with E-state index in [1.165, 1.54) is 186 Å². The van der Waals surface area contributed by atoms with Gasteiger partial charge in [-0.15, -0.1) is 0 Å². The van der Waals surface area contributed by atoms with Crippen molar-refractivity contribution >= 4 is 17.9 Å². The molecule has 0 radical (unpaired) electrons. The summed E-state index contributed by atoms with van der Waals surface area (Å²) in [5, 5.41) is 0. The molecule has 1 unspecified atom stereocenters. The summed E-state index contributed by atoms with van der Waals surface area (Å²) in [6.07, 6.45) is 84.9. The number of rotatable bonds is 59. The van der Waals surface area contributed by atoms with Gasteiger partial charge in [-0.25, -0.2) is 0 Å². The highest BCUT2D eigenvalue weighted by atomic mass is 16.6. The Kier molecular flexibility index (Phi) is 61.2. The summed E-state index contributed by atoms with van der Waals surface area (Å²) in [7, 11) is 0. The highest BCUT2D eigenvalue weighted by Gasteiger charge is 2.19. The van der Waals surface area contributed by atoms with Crippen LogP contribution in [-0.2, 0) is 28.6 Å². The quantitative estimate of drug-likeness (QED) is 0.0261. The molecule has 0 rings (SSSR count).